The zero-order valence-electron chi connectivity index (χ0n) is 8.88. The van der Waals surface area contributed by atoms with Crippen molar-refractivity contribution in [3.63, 3.8) is 0 Å². The van der Waals surface area contributed by atoms with Crippen LogP contribution in [-0.2, 0) is 14.3 Å². The molecule has 0 amide bonds. The third kappa shape index (κ3) is 1.39. The van der Waals surface area contributed by atoms with Gasteiger partial charge in [0.15, 0.2) is 5.78 Å². The van der Waals surface area contributed by atoms with Crippen LogP contribution in [0.4, 0.5) is 0 Å². The molecule has 14 heavy (non-hydrogen) atoms. The maximum Gasteiger partial charge on any atom is 0.169 e. The molecule has 3 nitrogen and oxygen atoms in total. The molecule has 0 aliphatic heterocycles. The Bertz CT molecular complexity index is 346. The van der Waals surface area contributed by atoms with E-state index >= 15 is 0 Å². The van der Waals surface area contributed by atoms with Crippen molar-refractivity contribution in [2.24, 2.45) is 5.41 Å². The highest BCUT2D eigenvalue weighted by atomic mass is 16.5. The molecule has 0 atom stereocenters. The number of ether oxygens (including phenoxy) is 1. The predicted molar refractivity (Wildman–Crippen MR) is 52.6 cm³/mol. The summed E-state index contributed by atoms with van der Waals surface area (Å²) in [7, 11) is 1.49. The molecule has 0 fully saturated rings. The molecule has 0 radical (unpaired) electrons. The molecule has 1 rings (SSSR count). The summed E-state index contributed by atoms with van der Waals surface area (Å²) in [6.07, 6.45) is 2.18. The number of rotatable bonds is 2. The van der Waals surface area contributed by atoms with Gasteiger partial charge in [-0.05, 0) is 26.3 Å². The minimum absolute atomic E-state index is 0.0953. The van der Waals surface area contributed by atoms with Crippen LogP contribution in [0.25, 0.3) is 0 Å². The maximum atomic E-state index is 11.7. The van der Waals surface area contributed by atoms with Gasteiger partial charge in [-0.15, -0.1) is 0 Å². The summed E-state index contributed by atoms with van der Waals surface area (Å²) in [5.74, 6) is 0.387. The molecule has 0 heterocycles. The van der Waals surface area contributed by atoms with Crippen LogP contribution in [0.2, 0.25) is 0 Å². The van der Waals surface area contributed by atoms with Gasteiger partial charge in [-0.1, -0.05) is 0 Å². The quantitative estimate of drug-likeness (QED) is 0.628. The van der Waals surface area contributed by atoms with Crippen molar-refractivity contribution in [2.75, 3.05) is 7.11 Å². The second-order valence-corrected chi connectivity index (χ2v) is 3.86. The Kier molecular flexibility index (Phi) is 2.60. The highest BCUT2D eigenvalue weighted by molar-refractivity contribution is 6.04. The number of hydrogen-bond acceptors (Lipinski definition) is 3. The van der Waals surface area contributed by atoms with E-state index in [4.69, 9.17) is 4.74 Å². The van der Waals surface area contributed by atoms with Gasteiger partial charge in [0.1, 0.15) is 12.0 Å². The van der Waals surface area contributed by atoms with Crippen LogP contribution >= 0.6 is 0 Å². The summed E-state index contributed by atoms with van der Waals surface area (Å²) in [6, 6.07) is 0. The van der Waals surface area contributed by atoms with E-state index in [2.05, 4.69) is 0 Å². The summed E-state index contributed by atoms with van der Waals surface area (Å²) >= 11 is 0. The molecule has 1 aliphatic rings. The Morgan fingerprint density at radius 2 is 2.00 bits per heavy atom. The first-order chi connectivity index (χ1) is 6.45. The van der Waals surface area contributed by atoms with Crippen molar-refractivity contribution < 1.29 is 14.3 Å². The van der Waals surface area contributed by atoms with Crippen LogP contribution in [0.15, 0.2) is 23.0 Å². The highest BCUT2D eigenvalue weighted by Crippen LogP contribution is 2.35. The van der Waals surface area contributed by atoms with Crippen LogP contribution in [0.3, 0.4) is 0 Å². The first kappa shape index (κ1) is 10.7. The van der Waals surface area contributed by atoms with Crippen molar-refractivity contribution >= 4 is 12.1 Å². The molecule has 0 aromatic heterocycles. The number of hydrogen-bond donors (Lipinski definition) is 0. The van der Waals surface area contributed by atoms with Gasteiger partial charge in [0.25, 0.3) is 0 Å². The Morgan fingerprint density at radius 1 is 1.43 bits per heavy atom. The molecule has 0 aromatic rings. The fourth-order valence-electron chi connectivity index (χ4n) is 1.59. The fraction of sp³-hybridized carbons (Fsp3) is 0.455. The van der Waals surface area contributed by atoms with Gasteiger partial charge in [0.2, 0.25) is 0 Å². The second kappa shape index (κ2) is 3.40. The zero-order valence-corrected chi connectivity index (χ0v) is 8.88. The monoisotopic (exact) mass is 194 g/mol. The molecule has 0 saturated carbocycles. The largest absolute Gasteiger partial charge is 0.496 e. The average Bonchev–Trinajstić information content (AvgIpc) is 2.12. The molecule has 0 N–H and O–H groups in total. The lowest BCUT2D eigenvalue weighted by atomic mass is 9.75. The lowest BCUT2D eigenvalue weighted by Gasteiger charge is -2.28. The van der Waals surface area contributed by atoms with Crippen LogP contribution in [-0.4, -0.2) is 19.2 Å². The van der Waals surface area contributed by atoms with Crippen molar-refractivity contribution in [1.29, 1.82) is 0 Å². The molecule has 0 bridgehead atoms. The molecule has 1 aliphatic carbocycles. The van der Waals surface area contributed by atoms with E-state index in [1.54, 1.807) is 20.8 Å². The Labute approximate surface area is 83.4 Å². The predicted octanol–water partition coefficient (Wildman–Crippen LogP) is 1.64. The molecule has 0 aromatic carbocycles. The minimum Gasteiger partial charge on any atom is -0.496 e. The van der Waals surface area contributed by atoms with Crippen LogP contribution < -0.4 is 0 Å². The Hall–Kier alpha value is -1.38. The van der Waals surface area contributed by atoms with Gasteiger partial charge < -0.3 is 4.74 Å². The Balaban J connectivity index is 3.34. The van der Waals surface area contributed by atoms with E-state index in [1.165, 1.54) is 13.2 Å². The standard InChI is InChI=1S/C11H14O3/c1-7-8(6-12)11(2,3)10(13)5-9(7)14-4/h5-6H,1-4H3. The van der Waals surface area contributed by atoms with Gasteiger partial charge in [-0.25, -0.2) is 0 Å². The second-order valence-electron chi connectivity index (χ2n) is 3.86. The van der Waals surface area contributed by atoms with Crippen LogP contribution in [0, 0.1) is 5.41 Å². The van der Waals surface area contributed by atoms with Crippen molar-refractivity contribution in [3.05, 3.63) is 23.0 Å². The van der Waals surface area contributed by atoms with E-state index in [-0.39, 0.29) is 5.78 Å². The van der Waals surface area contributed by atoms with Crippen molar-refractivity contribution in [2.45, 2.75) is 20.8 Å². The molecule has 0 unspecified atom stereocenters. The summed E-state index contributed by atoms with van der Waals surface area (Å²) in [6.45, 7) is 5.27. The van der Waals surface area contributed by atoms with Gasteiger partial charge in [0.05, 0.1) is 12.5 Å². The maximum absolute atomic E-state index is 11.7. The SMILES string of the molecule is COC1=CC(=O)C(C)(C)C(C=O)=C1C. The third-order valence-electron chi connectivity index (χ3n) is 2.66. The highest BCUT2D eigenvalue weighted by Gasteiger charge is 2.36. The van der Waals surface area contributed by atoms with Gasteiger partial charge >= 0.3 is 0 Å². The van der Waals surface area contributed by atoms with E-state index < -0.39 is 5.41 Å². The smallest absolute Gasteiger partial charge is 0.169 e. The number of methoxy groups -OCH3 is 1. The van der Waals surface area contributed by atoms with Crippen molar-refractivity contribution in [1.82, 2.24) is 0 Å². The Morgan fingerprint density at radius 3 is 2.43 bits per heavy atom. The normalized spacial score (nSPS) is 20.6. The zero-order chi connectivity index (χ0) is 10.9. The fourth-order valence-corrected chi connectivity index (χ4v) is 1.59. The number of ketones is 1. The summed E-state index contributed by atoms with van der Waals surface area (Å²) in [5.41, 5.74) is 0.516. The van der Waals surface area contributed by atoms with Crippen LogP contribution in [0.1, 0.15) is 20.8 Å². The summed E-state index contributed by atoms with van der Waals surface area (Å²) in [4.78, 5) is 22.6. The van der Waals surface area contributed by atoms with Gasteiger partial charge in [-0.3, -0.25) is 9.59 Å². The lowest BCUT2D eigenvalue weighted by Crippen LogP contribution is -2.30. The molecule has 76 valence electrons. The van der Waals surface area contributed by atoms with Gasteiger partial charge in [0, 0.05) is 11.6 Å². The molecule has 0 spiro atoms. The van der Waals surface area contributed by atoms with E-state index in [9.17, 15) is 9.59 Å². The molecule has 0 saturated heterocycles. The lowest BCUT2D eigenvalue weighted by molar-refractivity contribution is -0.122. The third-order valence-corrected chi connectivity index (χ3v) is 2.66. The number of carbonyl (C=O) groups excluding carboxylic acids is 2. The first-order valence-corrected chi connectivity index (χ1v) is 4.42. The number of aldehydes is 1. The topological polar surface area (TPSA) is 43.4 Å². The minimum atomic E-state index is -0.728. The molecule has 3 heteroatoms. The summed E-state index contributed by atoms with van der Waals surface area (Å²) < 4.78 is 5.02. The number of carbonyl (C=O) groups is 2. The van der Waals surface area contributed by atoms with E-state index in [0.717, 1.165) is 11.9 Å². The average molecular weight is 194 g/mol. The number of allylic oxidation sites excluding steroid dienone is 3. The molecular formula is C11H14O3. The van der Waals surface area contributed by atoms with Crippen molar-refractivity contribution in [3.8, 4) is 0 Å². The summed E-state index contributed by atoms with van der Waals surface area (Å²) in [5, 5.41) is 0. The van der Waals surface area contributed by atoms with Gasteiger partial charge in [-0.2, -0.15) is 0 Å². The van der Waals surface area contributed by atoms with Crippen LogP contribution in [0.5, 0.6) is 0 Å². The van der Waals surface area contributed by atoms with E-state index in [0.29, 0.717) is 11.3 Å². The molecular weight excluding hydrogens is 180 g/mol. The van der Waals surface area contributed by atoms with E-state index in [1.807, 2.05) is 0 Å². The first-order valence-electron chi connectivity index (χ1n) is 4.42.